The summed E-state index contributed by atoms with van der Waals surface area (Å²) in [7, 11) is 1.61. The summed E-state index contributed by atoms with van der Waals surface area (Å²) < 4.78 is 16.4. The van der Waals surface area contributed by atoms with Crippen molar-refractivity contribution in [2.75, 3.05) is 20.3 Å². The highest BCUT2D eigenvalue weighted by Gasteiger charge is 2.22. The number of rotatable bonds is 2. The first kappa shape index (κ1) is 12.0. The van der Waals surface area contributed by atoms with Crippen molar-refractivity contribution in [2.45, 2.75) is 13.0 Å². The van der Waals surface area contributed by atoms with E-state index in [-0.39, 0.29) is 11.7 Å². The molecule has 1 unspecified atom stereocenters. The molecule has 1 N–H and O–H groups in total. The molecule has 6 nitrogen and oxygen atoms in total. The fourth-order valence-corrected chi connectivity index (χ4v) is 2.13. The molecule has 0 aliphatic carbocycles. The maximum absolute atomic E-state index is 11.9. The SMILES string of the molecule is COCC1COc2cc3nc(C)[nH]c(=O)c3cc2O1. The summed E-state index contributed by atoms with van der Waals surface area (Å²) in [4.78, 5) is 18.8. The third kappa shape index (κ3) is 2.15. The van der Waals surface area contributed by atoms with Crippen molar-refractivity contribution in [1.82, 2.24) is 9.97 Å². The number of nitrogens with zero attached hydrogens (tertiary/aromatic N) is 1. The van der Waals surface area contributed by atoms with E-state index in [0.717, 1.165) is 0 Å². The van der Waals surface area contributed by atoms with Gasteiger partial charge in [-0.1, -0.05) is 0 Å². The summed E-state index contributed by atoms with van der Waals surface area (Å²) >= 11 is 0. The largest absolute Gasteiger partial charge is 0.486 e. The number of aryl methyl sites for hydroxylation is 1. The van der Waals surface area contributed by atoms with Gasteiger partial charge in [0.15, 0.2) is 17.6 Å². The summed E-state index contributed by atoms with van der Waals surface area (Å²) in [6.45, 7) is 2.61. The van der Waals surface area contributed by atoms with Gasteiger partial charge in [0.05, 0.1) is 17.5 Å². The zero-order chi connectivity index (χ0) is 13.4. The van der Waals surface area contributed by atoms with E-state index >= 15 is 0 Å². The molecule has 1 aromatic heterocycles. The number of benzene rings is 1. The lowest BCUT2D eigenvalue weighted by molar-refractivity contribution is 0.0274. The molecule has 2 heterocycles. The third-order valence-corrected chi connectivity index (χ3v) is 2.96. The van der Waals surface area contributed by atoms with Crippen LogP contribution >= 0.6 is 0 Å². The number of methoxy groups -OCH3 is 1. The van der Waals surface area contributed by atoms with Crippen molar-refractivity contribution >= 4 is 10.9 Å². The van der Waals surface area contributed by atoms with Crippen LogP contribution in [0.25, 0.3) is 10.9 Å². The molecule has 6 heteroatoms. The summed E-state index contributed by atoms with van der Waals surface area (Å²) in [5, 5.41) is 0.492. The normalized spacial score (nSPS) is 17.7. The molecule has 100 valence electrons. The zero-order valence-corrected chi connectivity index (χ0v) is 10.7. The highest BCUT2D eigenvalue weighted by Crippen LogP contribution is 2.34. The quantitative estimate of drug-likeness (QED) is 0.874. The maximum Gasteiger partial charge on any atom is 0.258 e. The number of aromatic amines is 1. The van der Waals surface area contributed by atoms with E-state index in [1.54, 1.807) is 26.2 Å². The van der Waals surface area contributed by atoms with E-state index in [1.165, 1.54) is 0 Å². The molecule has 19 heavy (non-hydrogen) atoms. The first-order valence-electron chi connectivity index (χ1n) is 6.00. The third-order valence-electron chi connectivity index (χ3n) is 2.96. The van der Waals surface area contributed by atoms with Crippen LogP contribution in [0.4, 0.5) is 0 Å². The molecule has 3 rings (SSSR count). The van der Waals surface area contributed by atoms with Crippen LogP contribution in [0.5, 0.6) is 11.5 Å². The molecule has 0 spiro atoms. The standard InChI is InChI=1S/C13H14N2O4/c1-7-14-10-4-11-12(3-9(10)13(16)15-7)19-8(5-17-2)6-18-11/h3-4,8H,5-6H2,1-2H3,(H,14,15,16). The van der Waals surface area contributed by atoms with Crippen molar-refractivity contribution in [3.63, 3.8) is 0 Å². The molecule has 1 aliphatic rings. The number of H-pyrrole nitrogens is 1. The first-order valence-corrected chi connectivity index (χ1v) is 6.00. The summed E-state index contributed by atoms with van der Waals surface area (Å²) in [5.74, 6) is 1.74. The molecular formula is C13H14N2O4. The topological polar surface area (TPSA) is 73.4 Å². The van der Waals surface area contributed by atoms with Gasteiger partial charge in [0.25, 0.3) is 5.56 Å². The second-order valence-corrected chi connectivity index (χ2v) is 4.47. The van der Waals surface area contributed by atoms with E-state index in [1.807, 2.05) is 0 Å². The van der Waals surface area contributed by atoms with Crippen molar-refractivity contribution < 1.29 is 14.2 Å². The number of aromatic nitrogens is 2. The van der Waals surface area contributed by atoms with E-state index in [2.05, 4.69) is 9.97 Å². The minimum Gasteiger partial charge on any atom is -0.486 e. The van der Waals surface area contributed by atoms with Crippen LogP contribution in [-0.2, 0) is 4.74 Å². The second-order valence-electron chi connectivity index (χ2n) is 4.47. The van der Waals surface area contributed by atoms with Crippen molar-refractivity contribution in [1.29, 1.82) is 0 Å². The van der Waals surface area contributed by atoms with E-state index in [9.17, 15) is 4.79 Å². The molecule has 2 aromatic rings. The smallest absolute Gasteiger partial charge is 0.258 e. The van der Waals surface area contributed by atoms with Gasteiger partial charge in [-0.25, -0.2) is 4.98 Å². The predicted octanol–water partition coefficient (Wildman–Crippen LogP) is 1.02. The minimum absolute atomic E-state index is 0.160. The lowest BCUT2D eigenvalue weighted by atomic mass is 10.2. The lowest BCUT2D eigenvalue weighted by Crippen LogP contribution is -2.33. The Morgan fingerprint density at radius 2 is 2.32 bits per heavy atom. The Bertz CT molecular complexity index is 680. The Balaban J connectivity index is 2.09. The summed E-state index contributed by atoms with van der Waals surface area (Å²) in [6, 6.07) is 3.40. The van der Waals surface area contributed by atoms with Crippen LogP contribution in [0.1, 0.15) is 5.82 Å². The van der Waals surface area contributed by atoms with Gasteiger partial charge in [-0.3, -0.25) is 4.79 Å². The van der Waals surface area contributed by atoms with Crippen LogP contribution < -0.4 is 15.0 Å². The summed E-state index contributed by atoms with van der Waals surface area (Å²) in [6.07, 6.45) is -0.160. The van der Waals surface area contributed by atoms with Crippen LogP contribution in [0.3, 0.4) is 0 Å². The number of hydrogen-bond acceptors (Lipinski definition) is 5. The highest BCUT2D eigenvalue weighted by molar-refractivity contribution is 5.81. The van der Waals surface area contributed by atoms with Gasteiger partial charge in [0.1, 0.15) is 12.4 Å². The average Bonchev–Trinajstić information content (AvgIpc) is 2.37. The molecule has 0 fully saturated rings. The van der Waals surface area contributed by atoms with Gasteiger partial charge in [-0.05, 0) is 13.0 Å². The Kier molecular flexibility index (Phi) is 2.87. The molecule has 0 saturated carbocycles. The Morgan fingerprint density at radius 1 is 1.47 bits per heavy atom. The van der Waals surface area contributed by atoms with Crippen LogP contribution in [0.15, 0.2) is 16.9 Å². The Labute approximate surface area is 109 Å². The predicted molar refractivity (Wildman–Crippen MR) is 68.9 cm³/mol. The summed E-state index contributed by atoms with van der Waals surface area (Å²) in [5.41, 5.74) is 0.427. The minimum atomic E-state index is -0.178. The Morgan fingerprint density at radius 3 is 3.11 bits per heavy atom. The van der Waals surface area contributed by atoms with Gasteiger partial charge < -0.3 is 19.2 Å². The number of hydrogen-bond donors (Lipinski definition) is 1. The maximum atomic E-state index is 11.9. The fraction of sp³-hybridized carbons (Fsp3) is 0.385. The molecule has 0 amide bonds. The first-order chi connectivity index (χ1) is 9.17. The van der Waals surface area contributed by atoms with Crippen LogP contribution in [-0.4, -0.2) is 36.4 Å². The molecule has 0 saturated heterocycles. The van der Waals surface area contributed by atoms with Gasteiger partial charge in [-0.15, -0.1) is 0 Å². The molecule has 1 aromatic carbocycles. The average molecular weight is 262 g/mol. The fourth-order valence-electron chi connectivity index (χ4n) is 2.13. The van der Waals surface area contributed by atoms with Crippen molar-refractivity contribution in [3.05, 3.63) is 28.3 Å². The number of fused-ring (bicyclic) bond motifs is 2. The lowest BCUT2D eigenvalue weighted by Gasteiger charge is -2.26. The van der Waals surface area contributed by atoms with E-state index in [4.69, 9.17) is 14.2 Å². The monoisotopic (exact) mass is 262 g/mol. The van der Waals surface area contributed by atoms with Gasteiger partial charge in [0.2, 0.25) is 0 Å². The van der Waals surface area contributed by atoms with Crippen LogP contribution in [0.2, 0.25) is 0 Å². The Hall–Kier alpha value is -2.08. The molecule has 1 aliphatic heterocycles. The van der Waals surface area contributed by atoms with E-state index in [0.29, 0.717) is 41.4 Å². The second kappa shape index (κ2) is 4.55. The molecule has 0 bridgehead atoms. The molecular weight excluding hydrogens is 248 g/mol. The van der Waals surface area contributed by atoms with E-state index < -0.39 is 0 Å². The number of nitrogens with one attached hydrogen (secondary N) is 1. The number of ether oxygens (including phenoxy) is 3. The van der Waals surface area contributed by atoms with Crippen molar-refractivity contribution in [2.24, 2.45) is 0 Å². The molecule has 0 radical (unpaired) electrons. The molecule has 1 atom stereocenters. The zero-order valence-electron chi connectivity index (χ0n) is 10.7. The van der Waals surface area contributed by atoms with Gasteiger partial charge in [-0.2, -0.15) is 0 Å². The van der Waals surface area contributed by atoms with Gasteiger partial charge in [0, 0.05) is 13.2 Å². The highest BCUT2D eigenvalue weighted by atomic mass is 16.6. The van der Waals surface area contributed by atoms with Gasteiger partial charge >= 0.3 is 0 Å². The van der Waals surface area contributed by atoms with Crippen LogP contribution in [0, 0.1) is 6.92 Å². The van der Waals surface area contributed by atoms with Crippen molar-refractivity contribution in [3.8, 4) is 11.5 Å².